The summed E-state index contributed by atoms with van der Waals surface area (Å²) in [5.74, 6) is -0.633. The fourth-order valence-electron chi connectivity index (χ4n) is 3.33. The van der Waals surface area contributed by atoms with Crippen molar-refractivity contribution in [1.82, 2.24) is 10.2 Å². The summed E-state index contributed by atoms with van der Waals surface area (Å²) in [5.41, 5.74) is 7.42. The lowest BCUT2D eigenvalue weighted by molar-refractivity contribution is -0.118. The van der Waals surface area contributed by atoms with Crippen LogP contribution in [0.25, 0.3) is 0 Å². The SMILES string of the molecule is C[C@@H](N[C@@H](CN1CCOCC1)c1ccccc1)C(=O)Nc1ccc(C(N)=O)cc1. The van der Waals surface area contributed by atoms with Gasteiger partial charge < -0.3 is 15.8 Å². The summed E-state index contributed by atoms with van der Waals surface area (Å²) in [6, 6.07) is 16.3. The summed E-state index contributed by atoms with van der Waals surface area (Å²) in [6.07, 6.45) is 0. The van der Waals surface area contributed by atoms with Gasteiger partial charge in [-0.15, -0.1) is 0 Å². The molecule has 3 rings (SSSR count). The first kappa shape index (κ1) is 21.0. The molecule has 7 nitrogen and oxygen atoms in total. The van der Waals surface area contributed by atoms with Crippen molar-refractivity contribution in [1.29, 1.82) is 0 Å². The van der Waals surface area contributed by atoms with Crippen molar-refractivity contribution >= 4 is 17.5 Å². The second-order valence-corrected chi connectivity index (χ2v) is 7.20. The third kappa shape index (κ3) is 6.12. The summed E-state index contributed by atoms with van der Waals surface area (Å²) < 4.78 is 5.44. The molecule has 1 aliphatic heterocycles. The topological polar surface area (TPSA) is 96.7 Å². The van der Waals surface area contributed by atoms with Crippen LogP contribution in [0.1, 0.15) is 28.9 Å². The van der Waals surface area contributed by atoms with Crippen LogP contribution in [0.4, 0.5) is 5.69 Å². The highest BCUT2D eigenvalue weighted by Gasteiger charge is 2.22. The molecule has 2 aromatic carbocycles. The van der Waals surface area contributed by atoms with Gasteiger partial charge in [-0.05, 0) is 36.8 Å². The van der Waals surface area contributed by atoms with Gasteiger partial charge in [-0.3, -0.25) is 19.8 Å². The van der Waals surface area contributed by atoms with Crippen LogP contribution in [0.15, 0.2) is 54.6 Å². The number of primary amides is 1. The van der Waals surface area contributed by atoms with Crippen LogP contribution in [0, 0.1) is 0 Å². The predicted molar refractivity (Wildman–Crippen MR) is 113 cm³/mol. The van der Waals surface area contributed by atoms with Gasteiger partial charge in [0.1, 0.15) is 0 Å². The fourth-order valence-corrected chi connectivity index (χ4v) is 3.33. The van der Waals surface area contributed by atoms with Gasteiger partial charge in [0, 0.05) is 36.9 Å². The predicted octanol–water partition coefficient (Wildman–Crippen LogP) is 1.78. The van der Waals surface area contributed by atoms with Crippen LogP contribution in [0.2, 0.25) is 0 Å². The van der Waals surface area contributed by atoms with Crippen LogP contribution in [0.3, 0.4) is 0 Å². The van der Waals surface area contributed by atoms with Crippen molar-refractivity contribution in [3.05, 3.63) is 65.7 Å². The van der Waals surface area contributed by atoms with Gasteiger partial charge in [0.05, 0.1) is 19.3 Å². The van der Waals surface area contributed by atoms with E-state index >= 15 is 0 Å². The molecule has 0 saturated carbocycles. The molecule has 2 aromatic rings. The number of nitrogens with one attached hydrogen (secondary N) is 2. The Kier molecular flexibility index (Phi) is 7.35. The molecule has 0 aromatic heterocycles. The lowest BCUT2D eigenvalue weighted by atomic mass is 10.0. The summed E-state index contributed by atoms with van der Waals surface area (Å²) >= 11 is 0. The van der Waals surface area contributed by atoms with Crippen molar-refractivity contribution in [3.63, 3.8) is 0 Å². The highest BCUT2D eigenvalue weighted by atomic mass is 16.5. The van der Waals surface area contributed by atoms with Gasteiger partial charge in [0.2, 0.25) is 11.8 Å². The maximum absolute atomic E-state index is 12.7. The molecule has 0 aliphatic carbocycles. The zero-order valence-electron chi connectivity index (χ0n) is 16.6. The first-order valence-corrected chi connectivity index (χ1v) is 9.85. The molecule has 0 radical (unpaired) electrons. The van der Waals surface area contributed by atoms with Gasteiger partial charge in [0.15, 0.2) is 0 Å². The minimum Gasteiger partial charge on any atom is -0.379 e. The average molecular weight is 396 g/mol. The van der Waals surface area contributed by atoms with Crippen LogP contribution in [-0.2, 0) is 9.53 Å². The van der Waals surface area contributed by atoms with E-state index < -0.39 is 11.9 Å². The van der Waals surface area contributed by atoms with Crippen LogP contribution < -0.4 is 16.4 Å². The number of hydrogen-bond donors (Lipinski definition) is 3. The minimum atomic E-state index is -0.494. The molecule has 154 valence electrons. The van der Waals surface area contributed by atoms with Crippen molar-refractivity contribution in [2.75, 3.05) is 38.2 Å². The Hall–Kier alpha value is -2.74. The molecule has 1 saturated heterocycles. The molecule has 0 spiro atoms. The van der Waals surface area contributed by atoms with Crippen molar-refractivity contribution in [2.45, 2.75) is 19.0 Å². The number of rotatable bonds is 8. The van der Waals surface area contributed by atoms with Gasteiger partial charge >= 0.3 is 0 Å². The highest BCUT2D eigenvalue weighted by molar-refractivity contribution is 5.96. The normalized spacial score (nSPS) is 16.7. The summed E-state index contributed by atoms with van der Waals surface area (Å²) in [6.45, 7) is 5.90. The lowest BCUT2D eigenvalue weighted by Crippen LogP contribution is -2.46. The Bertz CT molecular complexity index is 805. The fraction of sp³-hybridized carbons (Fsp3) is 0.364. The van der Waals surface area contributed by atoms with Gasteiger partial charge in [0.25, 0.3) is 0 Å². The quantitative estimate of drug-likeness (QED) is 0.632. The molecule has 29 heavy (non-hydrogen) atoms. The van der Waals surface area contributed by atoms with E-state index in [-0.39, 0.29) is 11.9 Å². The molecule has 7 heteroatoms. The molecule has 1 fully saturated rings. The van der Waals surface area contributed by atoms with E-state index in [0.717, 1.165) is 38.4 Å². The Morgan fingerprint density at radius 2 is 1.72 bits per heavy atom. The van der Waals surface area contributed by atoms with Gasteiger partial charge in [-0.1, -0.05) is 30.3 Å². The Balaban J connectivity index is 1.64. The molecular formula is C22H28N4O3. The highest BCUT2D eigenvalue weighted by Crippen LogP contribution is 2.17. The number of ether oxygens (including phenoxy) is 1. The Morgan fingerprint density at radius 3 is 2.34 bits per heavy atom. The van der Waals surface area contributed by atoms with E-state index in [1.807, 2.05) is 25.1 Å². The van der Waals surface area contributed by atoms with Crippen LogP contribution in [-0.4, -0.2) is 55.6 Å². The molecule has 0 unspecified atom stereocenters. The third-order valence-corrected chi connectivity index (χ3v) is 5.03. The number of anilines is 1. The van der Waals surface area contributed by atoms with Crippen molar-refractivity contribution < 1.29 is 14.3 Å². The molecule has 2 atom stereocenters. The number of morpholine rings is 1. The number of amides is 2. The molecule has 0 bridgehead atoms. The second-order valence-electron chi connectivity index (χ2n) is 7.20. The Labute approximate surface area is 171 Å². The van der Waals surface area contributed by atoms with Crippen molar-refractivity contribution in [2.24, 2.45) is 5.73 Å². The largest absolute Gasteiger partial charge is 0.379 e. The second kappa shape index (κ2) is 10.2. The third-order valence-electron chi connectivity index (χ3n) is 5.03. The van der Waals surface area contributed by atoms with Crippen LogP contribution in [0.5, 0.6) is 0 Å². The smallest absolute Gasteiger partial charge is 0.248 e. The first-order chi connectivity index (χ1) is 14.0. The maximum atomic E-state index is 12.7. The molecule has 1 heterocycles. The van der Waals surface area contributed by atoms with E-state index in [2.05, 4.69) is 27.7 Å². The van der Waals surface area contributed by atoms with E-state index in [0.29, 0.717) is 11.3 Å². The average Bonchev–Trinajstić information content (AvgIpc) is 2.75. The number of nitrogens with zero attached hydrogens (tertiary/aromatic N) is 1. The number of nitrogens with two attached hydrogens (primary N) is 1. The maximum Gasteiger partial charge on any atom is 0.248 e. The van der Waals surface area contributed by atoms with Crippen LogP contribution >= 0.6 is 0 Å². The zero-order chi connectivity index (χ0) is 20.6. The lowest BCUT2D eigenvalue weighted by Gasteiger charge is -2.32. The number of benzene rings is 2. The van der Waals surface area contributed by atoms with E-state index in [1.165, 1.54) is 0 Å². The molecule has 4 N–H and O–H groups in total. The number of carbonyl (C=O) groups excluding carboxylic acids is 2. The monoisotopic (exact) mass is 396 g/mol. The number of carbonyl (C=O) groups is 2. The molecule has 2 amide bonds. The summed E-state index contributed by atoms with van der Waals surface area (Å²) in [4.78, 5) is 26.2. The van der Waals surface area contributed by atoms with E-state index in [9.17, 15) is 9.59 Å². The molecule has 1 aliphatic rings. The number of hydrogen-bond acceptors (Lipinski definition) is 5. The summed E-state index contributed by atoms with van der Waals surface area (Å²) in [5, 5.41) is 6.34. The first-order valence-electron chi connectivity index (χ1n) is 9.85. The van der Waals surface area contributed by atoms with Gasteiger partial charge in [-0.25, -0.2) is 0 Å². The summed E-state index contributed by atoms with van der Waals surface area (Å²) in [7, 11) is 0. The Morgan fingerprint density at radius 1 is 1.07 bits per heavy atom. The van der Waals surface area contributed by atoms with Crippen molar-refractivity contribution in [3.8, 4) is 0 Å². The van der Waals surface area contributed by atoms with E-state index in [4.69, 9.17) is 10.5 Å². The minimum absolute atomic E-state index is 0.0206. The molecular weight excluding hydrogens is 368 g/mol. The standard InChI is InChI=1S/C22H28N4O3/c1-16(22(28)25-19-9-7-18(8-10-19)21(23)27)24-20(17-5-3-2-4-6-17)15-26-11-13-29-14-12-26/h2-10,16,20,24H,11-15H2,1H3,(H2,23,27)(H,25,28)/t16-,20+/m1/s1. The van der Waals surface area contributed by atoms with E-state index in [1.54, 1.807) is 24.3 Å². The van der Waals surface area contributed by atoms with Gasteiger partial charge in [-0.2, -0.15) is 0 Å². The zero-order valence-corrected chi connectivity index (χ0v) is 16.6.